The third kappa shape index (κ3) is 6.72. The Morgan fingerprint density at radius 1 is 1.15 bits per heavy atom. The number of hydrogen-bond acceptors (Lipinski definition) is 6. The summed E-state index contributed by atoms with van der Waals surface area (Å²) in [5.74, 6) is -0.463. The predicted molar refractivity (Wildman–Crippen MR) is 156 cm³/mol. The zero-order valence-electron chi connectivity index (χ0n) is 23.8. The van der Waals surface area contributed by atoms with E-state index in [4.69, 9.17) is 15.7 Å². The van der Waals surface area contributed by atoms with E-state index in [0.29, 0.717) is 41.8 Å². The number of pyridine rings is 1. The summed E-state index contributed by atoms with van der Waals surface area (Å²) < 4.78 is 20.9. The van der Waals surface area contributed by atoms with Crippen molar-refractivity contribution in [2.75, 3.05) is 37.9 Å². The molecule has 1 saturated heterocycles. The molecular formula is C32H36FN5O3. The zero-order chi connectivity index (χ0) is 29.6. The van der Waals surface area contributed by atoms with Crippen molar-refractivity contribution in [2.24, 2.45) is 0 Å². The number of carbonyl (C=O) groups excluding carboxylic acids is 2. The van der Waals surface area contributed by atoms with Crippen molar-refractivity contribution in [3.05, 3.63) is 87.6 Å². The van der Waals surface area contributed by atoms with Crippen LogP contribution in [-0.2, 0) is 23.2 Å². The Labute approximate surface area is 240 Å². The van der Waals surface area contributed by atoms with Gasteiger partial charge >= 0.3 is 0 Å². The topological polar surface area (TPSA) is 121 Å². The van der Waals surface area contributed by atoms with Gasteiger partial charge in [-0.15, -0.1) is 0 Å². The number of halogens is 1. The molecule has 0 radical (unpaired) electrons. The minimum Gasteiger partial charge on any atom is -0.385 e. The highest BCUT2D eigenvalue weighted by Gasteiger charge is 2.38. The number of nitrogens with zero attached hydrogens (tertiary/aromatic N) is 3. The van der Waals surface area contributed by atoms with Crippen LogP contribution < -0.4 is 11.1 Å². The average molecular weight is 558 g/mol. The Bertz CT molecular complexity index is 1460. The number of anilines is 2. The standard InChI is InChI=1S/C32H36FN5O3/c1-4-23-18-21(2)28(37-30(39)26-12-11-25(36-29(26)35)6-5-17-41-3)19-27(23)31(40)38-15-13-32(33,14-16-38)24-9-7-22(20-34)8-10-24/h7-12,18-19H,4-6,13-17H2,1-3H3,(H2,35,36)(H,37,39). The summed E-state index contributed by atoms with van der Waals surface area (Å²) in [6.07, 6.45) is 2.44. The van der Waals surface area contributed by atoms with E-state index in [9.17, 15) is 9.59 Å². The number of methoxy groups -OCH3 is 1. The van der Waals surface area contributed by atoms with Crippen molar-refractivity contribution in [1.29, 1.82) is 5.26 Å². The highest BCUT2D eigenvalue weighted by molar-refractivity contribution is 6.08. The van der Waals surface area contributed by atoms with Crippen LogP contribution in [0.1, 0.15) is 74.8 Å². The molecule has 8 nitrogen and oxygen atoms in total. The first kappa shape index (κ1) is 29.7. The molecule has 0 bridgehead atoms. The molecule has 1 fully saturated rings. The third-order valence-electron chi connectivity index (χ3n) is 7.69. The average Bonchev–Trinajstić information content (AvgIpc) is 2.98. The molecule has 214 valence electrons. The summed E-state index contributed by atoms with van der Waals surface area (Å²) in [4.78, 5) is 32.8. The number of piperidine rings is 1. The number of carbonyl (C=O) groups is 2. The number of rotatable bonds is 9. The van der Waals surface area contributed by atoms with Crippen molar-refractivity contribution in [2.45, 2.75) is 51.6 Å². The second-order valence-electron chi connectivity index (χ2n) is 10.4. The Morgan fingerprint density at radius 2 is 1.85 bits per heavy atom. The largest absolute Gasteiger partial charge is 0.385 e. The quantitative estimate of drug-likeness (QED) is 0.343. The minimum absolute atomic E-state index is 0.141. The molecule has 0 unspecified atom stereocenters. The minimum atomic E-state index is -1.56. The Kier molecular flexibility index (Phi) is 9.35. The lowest BCUT2D eigenvalue weighted by atomic mass is 9.85. The first-order valence-electron chi connectivity index (χ1n) is 13.9. The Balaban J connectivity index is 1.49. The number of aryl methyl sites for hydroxylation is 3. The fourth-order valence-electron chi connectivity index (χ4n) is 5.20. The van der Waals surface area contributed by atoms with Gasteiger partial charge in [0.1, 0.15) is 11.5 Å². The van der Waals surface area contributed by atoms with E-state index < -0.39 is 11.6 Å². The molecule has 1 aromatic heterocycles. The third-order valence-corrected chi connectivity index (χ3v) is 7.69. The number of nitriles is 1. The summed E-state index contributed by atoms with van der Waals surface area (Å²) in [6.45, 7) is 4.97. The highest BCUT2D eigenvalue weighted by atomic mass is 19.1. The molecule has 0 spiro atoms. The summed E-state index contributed by atoms with van der Waals surface area (Å²) in [7, 11) is 1.64. The van der Waals surface area contributed by atoms with Crippen molar-refractivity contribution in [3.63, 3.8) is 0 Å². The number of alkyl halides is 1. The molecule has 41 heavy (non-hydrogen) atoms. The molecule has 2 heterocycles. The number of amides is 2. The van der Waals surface area contributed by atoms with Crippen LogP contribution in [0, 0.1) is 18.3 Å². The maximum Gasteiger partial charge on any atom is 0.259 e. The molecule has 2 amide bonds. The molecule has 4 rings (SSSR count). The van der Waals surface area contributed by atoms with E-state index in [1.165, 1.54) is 0 Å². The van der Waals surface area contributed by atoms with Gasteiger partial charge in [-0.25, -0.2) is 9.37 Å². The van der Waals surface area contributed by atoms with E-state index in [1.54, 1.807) is 54.5 Å². The molecule has 9 heteroatoms. The first-order valence-corrected chi connectivity index (χ1v) is 13.9. The van der Waals surface area contributed by atoms with E-state index in [2.05, 4.69) is 10.3 Å². The molecule has 0 aliphatic carbocycles. The van der Waals surface area contributed by atoms with Crippen LogP contribution in [0.3, 0.4) is 0 Å². The monoisotopic (exact) mass is 557 g/mol. The van der Waals surface area contributed by atoms with Gasteiger partial charge in [0.25, 0.3) is 11.8 Å². The van der Waals surface area contributed by atoms with Gasteiger partial charge in [-0.3, -0.25) is 9.59 Å². The van der Waals surface area contributed by atoms with Gasteiger partial charge in [0.15, 0.2) is 0 Å². The van der Waals surface area contributed by atoms with Gasteiger partial charge in [-0.2, -0.15) is 5.26 Å². The molecule has 3 N–H and O–H groups in total. The molecular weight excluding hydrogens is 521 g/mol. The number of nitrogen functional groups attached to an aromatic ring is 1. The van der Waals surface area contributed by atoms with Gasteiger partial charge in [-0.05, 0) is 73.2 Å². The summed E-state index contributed by atoms with van der Waals surface area (Å²) in [5.41, 5.74) is 9.26. The van der Waals surface area contributed by atoms with E-state index in [0.717, 1.165) is 23.2 Å². The lowest BCUT2D eigenvalue weighted by Gasteiger charge is -2.37. The normalized spacial score (nSPS) is 14.4. The number of hydrogen-bond donors (Lipinski definition) is 2. The van der Waals surface area contributed by atoms with Gasteiger partial charge in [0, 0.05) is 56.6 Å². The van der Waals surface area contributed by atoms with Crippen LogP contribution in [0.15, 0.2) is 48.5 Å². The first-order chi connectivity index (χ1) is 19.7. The fraction of sp³-hybridized carbons (Fsp3) is 0.375. The van der Waals surface area contributed by atoms with Gasteiger partial charge in [0.05, 0.1) is 17.2 Å². The summed E-state index contributed by atoms with van der Waals surface area (Å²) >= 11 is 0. The molecule has 0 atom stereocenters. The number of benzene rings is 2. The molecule has 2 aromatic carbocycles. The van der Waals surface area contributed by atoms with Crippen molar-refractivity contribution < 1.29 is 18.7 Å². The Morgan fingerprint density at radius 3 is 2.46 bits per heavy atom. The predicted octanol–water partition coefficient (Wildman–Crippen LogP) is 5.34. The fourth-order valence-corrected chi connectivity index (χ4v) is 5.20. The number of ether oxygens (including phenoxy) is 1. The summed E-state index contributed by atoms with van der Waals surface area (Å²) in [5, 5.41) is 11.9. The molecule has 3 aromatic rings. The van der Waals surface area contributed by atoms with Crippen molar-refractivity contribution in [3.8, 4) is 6.07 Å². The lowest BCUT2D eigenvalue weighted by molar-refractivity contribution is 0.0420. The van der Waals surface area contributed by atoms with E-state index in [-0.39, 0.29) is 43.2 Å². The highest BCUT2D eigenvalue weighted by Crippen LogP contribution is 2.38. The van der Waals surface area contributed by atoms with Gasteiger partial charge in [-0.1, -0.05) is 25.1 Å². The smallest absolute Gasteiger partial charge is 0.259 e. The number of nitrogens with two attached hydrogens (primary N) is 1. The van der Waals surface area contributed by atoms with Crippen LogP contribution in [0.5, 0.6) is 0 Å². The number of likely N-dealkylation sites (tertiary alicyclic amines) is 1. The van der Waals surface area contributed by atoms with Crippen LogP contribution in [0.2, 0.25) is 0 Å². The molecule has 1 aliphatic rings. The van der Waals surface area contributed by atoms with Crippen LogP contribution >= 0.6 is 0 Å². The maximum atomic E-state index is 15.8. The van der Waals surface area contributed by atoms with Crippen LogP contribution in [0.4, 0.5) is 15.9 Å². The van der Waals surface area contributed by atoms with Gasteiger partial charge in [0.2, 0.25) is 0 Å². The van der Waals surface area contributed by atoms with Crippen LogP contribution in [0.25, 0.3) is 0 Å². The van der Waals surface area contributed by atoms with Crippen molar-refractivity contribution in [1.82, 2.24) is 9.88 Å². The Hall–Kier alpha value is -4.29. The summed E-state index contributed by atoms with van der Waals surface area (Å²) in [6, 6.07) is 15.6. The lowest BCUT2D eigenvalue weighted by Crippen LogP contribution is -2.43. The van der Waals surface area contributed by atoms with Crippen LogP contribution in [-0.4, -0.2) is 48.5 Å². The van der Waals surface area contributed by atoms with Crippen molar-refractivity contribution >= 4 is 23.3 Å². The van der Waals surface area contributed by atoms with E-state index in [1.807, 2.05) is 26.0 Å². The zero-order valence-corrected chi connectivity index (χ0v) is 23.8. The van der Waals surface area contributed by atoms with E-state index >= 15 is 4.39 Å². The number of aromatic nitrogens is 1. The molecule has 1 aliphatic heterocycles. The second-order valence-corrected chi connectivity index (χ2v) is 10.4. The second kappa shape index (κ2) is 12.9. The van der Waals surface area contributed by atoms with Gasteiger partial charge < -0.3 is 20.7 Å². The SMILES string of the molecule is CCc1cc(C)c(NC(=O)c2ccc(CCCOC)nc2N)cc1C(=O)N1CCC(F)(c2ccc(C#N)cc2)CC1. The number of nitrogens with one attached hydrogen (secondary N) is 1. The maximum absolute atomic E-state index is 15.8. The molecule has 0 saturated carbocycles.